The summed E-state index contributed by atoms with van der Waals surface area (Å²) in [6.07, 6.45) is -0.107. The fourth-order valence-electron chi connectivity index (χ4n) is 3.03. The molecule has 1 unspecified atom stereocenters. The average Bonchev–Trinajstić information content (AvgIpc) is 3.13. The van der Waals surface area contributed by atoms with E-state index in [1.54, 1.807) is 42.5 Å². The highest BCUT2D eigenvalue weighted by Crippen LogP contribution is 2.29. The predicted molar refractivity (Wildman–Crippen MR) is 107 cm³/mol. The minimum atomic E-state index is -3.70. The average molecular weight is 394 g/mol. The minimum absolute atomic E-state index is 0.168. The molecule has 6 nitrogen and oxygen atoms in total. The van der Waals surface area contributed by atoms with Gasteiger partial charge >= 0.3 is 0 Å². The molecule has 1 aliphatic rings. The number of para-hydroxylation sites is 1. The molecule has 142 valence electrons. The zero-order valence-electron chi connectivity index (χ0n) is 14.8. The molecule has 7 heteroatoms. The van der Waals surface area contributed by atoms with Gasteiger partial charge in [-0.2, -0.15) is 0 Å². The van der Waals surface area contributed by atoms with E-state index in [1.807, 2.05) is 24.3 Å². The van der Waals surface area contributed by atoms with Crippen molar-refractivity contribution in [3.05, 3.63) is 84.4 Å². The Morgan fingerprint density at radius 2 is 1.61 bits per heavy atom. The van der Waals surface area contributed by atoms with Gasteiger partial charge in [0.25, 0.3) is 15.9 Å². The highest BCUT2D eigenvalue weighted by molar-refractivity contribution is 7.92. The molecule has 0 aliphatic carbocycles. The quantitative estimate of drug-likeness (QED) is 0.694. The maximum absolute atomic E-state index is 12.5. The Kier molecular flexibility index (Phi) is 4.75. The van der Waals surface area contributed by atoms with Gasteiger partial charge in [0.2, 0.25) is 0 Å². The van der Waals surface area contributed by atoms with Crippen molar-refractivity contribution in [3.8, 4) is 5.75 Å². The molecular weight excluding hydrogens is 376 g/mol. The van der Waals surface area contributed by atoms with Crippen molar-refractivity contribution in [1.82, 2.24) is 0 Å². The molecule has 1 aliphatic heterocycles. The zero-order valence-corrected chi connectivity index (χ0v) is 15.6. The number of fused-ring (bicyclic) bond motifs is 1. The van der Waals surface area contributed by atoms with Gasteiger partial charge in [-0.25, -0.2) is 8.42 Å². The molecule has 1 amide bonds. The first-order valence-corrected chi connectivity index (χ1v) is 10.2. The molecule has 4 rings (SSSR count). The van der Waals surface area contributed by atoms with Gasteiger partial charge in [-0.05, 0) is 42.0 Å². The normalized spacial score (nSPS) is 15.4. The number of amides is 1. The fraction of sp³-hybridized carbons (Fsp3) is 0.0952. The van der Waals surface area contributed by atoms with Crippen LogP contribution in [0.5, 0.6) is 5.75 Å². The lowest BCUT2D eigenvalue weighted by atomic mass is 10.1. The molecule has 0 aromatic heterocycles. The van der Waals surface area contributed by atoms with Crippen LogP contribution in [0.4, 0.5) is 11.4 Å². The van der Waals surface area contributed by atoms with Gasteiger partial charge in [0.15, 0.2) is 6.10 Å². The summed E-state index contributed by atoms with van der Waals surface area (Å²) in [7, 11) is -3.70. The zero-order chi connectivity index (χ0) is 19.6. The smallest absolute Gasteiger partial charge is 0.265 e. The van der Waals surface area contributed by atoms with Gasteiger partial charge < -0.3 is 10.1 Å². The summed E-state index contributed by atoms with van der Waals surface area (Å²) in [4.78, 5) is 12.7. The van der Waals surface area contributed by atoms with Crippen LogP contribution in [0.1, 0.15) is 5.56 Å². The van der Waals surface area contributed by atoms with Crippen LogP contribution in [0.3, 0.4) is 0 Å². The summed E-state index contributed by atoms with van der Waals surface area (Å²) < 4.78 is 33.1. The van der Waals surface area contributed by atoms with Crippen molar-refractivity contribution >= 4 is 27.3 Å². The third-order valence-corrected chi connectivity index (χ3v) is 5.77. The third-order valence-electron chi connectivity index (χ3n) is 4.38. The minimum Gasteiger partial charge on any atom is -0.480 e. The van der Waals surface area contributed by atoms with Crippen LogP contribution in [0.15, 0.2) is 83.8 Å². The topological polar surface area (TPSA) is 84.5 Å². The maximum atomic E-state index is 12.5. The van der Waals surface area contributed by atoms with Crippen LogP contribution in [0.2, 0.25) is 0 Å². The lowest BCUT2D eigenvalue weighted by Crippen LogP contribution is -2.31. The summed E-state index contributed by atoms with van der Waals surface area (Å²) in [5.74, 6) is 0.436. The van der Waals surface area contributed by atoms with Crippen molar-refractivity contribution in [2.45, 2.75) is 17.4 Å². The number of sulfonamides is 1. The van der Waals surface area contributed by atoms with Crippen LogP contribution in [0, 0.1) is 0 Å². The molecular formula is C21H18N2O4S. The molecule has 0 spiro atoms. The standard InChI is InChI=1S/C21H18N2O4S/c24-21(20-13-15-7-4-5-12-19(15)27-20)22-16-8-6-9-17(14-16)23-28(25,26)18-10-2-1-3-11-18/h1-12,14,20,23H,13H2,(H,22,24). The van der Waals surface area contributed by atoms with Crippen molar-refractivity contribution in [2.75, 3.05) is 10.0 Å². The van der Waals surface area contributed by atoms with E-state index in [0.29, 0.717) is 23.5 Å². The number of rotatable bonds is 5. The Hall–Kier alpha value is -3.32. The van der Waals surface area contributed by atoms with Crippen LogP contribution < -0.4 is 14.8 Å². The summed E-state index contributed by atoms with van der Waals surface area (Å²) in [6, 6.07) is 22.2. The molecule has 28 heavy (non-hydrogen) atoms. The summed E-state index contributed by atoms with van der Waals surface area (Å²) in [5.41, 5.74) is 1.84. The SMILES string of the molecule is O=C(Nc1cccc(NS(=O)(=O)c2ccccc2)c1)C1Cc2ccccc2O1. The van der Waals surface area contributed by atoms with E-state index in [4.69, 9.17) is 4.74 Å². The number of carbonyl (C=O) groups excluding carboxylic acids is 1. The summed E-state index contributed by atoms with van der Waals surface area (Å²) in [6.45, 7) is 0. The Labute approximate surface area is 163 Å². The number of carbonyl (C=O) groups is 1. The fourth-order valence-corrected chi connectivity index (χ4v) is 4.10. The van der Waals surface area contributed by atoms with Gasteiger partial charge in [-0.3, -0.25) is 9.52 Å². The van der Waals surface area contributed by atoms with E-state index in [1.165, 1.54) is 12.1 Å². The molecule has 0 saturated carbocycles. The number of ether oxygens (including phenoxy) is 1. The number of hydrogen-bond acceptors (Lipinski definition) is 4. The lowest BCUT2D eigenvalue weighted by Gasteiger charge is -2.13. The number of nitrogens with one attached hydrogen (secondary N) is 2. The highest BCUT2D eigenvalue weighted by Gasteiger charge is 2.28. The first-order chi connectivity index (χ1) is 13.5. The molecule has 0 saturated heterocycles. The van der Waals surface area contributed by atoms with Crippen molar-refractivity contribution in [2.24, 2.45) is 0 Å². The third kappa shape index (κ3) is 3.84. The van der Waals surface area contributed by atoms with E-state index in [2.05, 4.69) is 10.0 Å². The molecule has 0 bridgehead atoms. The van der Waals surface area contributed by atoms with Crippen molar-refractivity contribution < 1.29 is 17.9 Å². The highest BCUT2D eigenvalue weighted by atomic mass is 32.2. The van der Waals surface area contributed by atoms with Gasteiger partial charge in [0, 0.05) is 12.1 Å². The van der Waals surface area contributed by atoms with E-state index in [0.717, 1.165) is 5.56 Å². The van der Waals surface area contributed by atoms with Gasteiger partial charge in [0.1, 0.15) is 5.75 Å². The van der Waals surface area contributed by atoms with Crippen LogP contribution >= 0.6 is 0 Å². The van der Waals surface area contributed by atoms with E-state index in [-0.39, 0.29) is 10.8 Å². The summed E-state index contributed by atoms with van der Waals surface area (Å²) in [5, 5.41) is 2.79. The van der Waals surface area contributed by atoms with E-state index >= 15 is 0 Å². The van der Waals surface area contributed by atoms with Crippen LogP contribution in [0.25, 0.3) is 0 Å². The van der Waals surface area contributed by atoms with Crippen LogP contribution in [-0.2, 0) is 21.2 Å². The predicted octanol–water partition coefficient (Wildman–Crippen LogP) is 3.43. The largest absolute Gasteiger partial charge is 0.480 e. The van der Waals surface area contributed by atoms with Crippen LogP contribution in [-0.4, -0.2) is 20.4 Å². The molecule has 0 fully saturated rings. The Morgan fingerprint density at radius 3 is 2.39 bits per heavy atom. The van der Waals surface area contributed by atoms with Gasteiger partial charge in [-0.15, -0.1) is 0 Å². The van der Waals surface area contributed by atoms with Gasteiger partial charge in [-0.1, -0.05) is 42.5 Å². The molecule has 3 aromatic carbocycles. The Morgan fingerprint density at radius 1 is 0.893 bits per heavy atom. The van der Waals surface area contributed by atoms with Gasteiger partial charge in [0.05, 0.1) is 10.6 Å². The molecule has 2 N–H and O–H groups in total. The van der Waals surface area contributed by atoms with Crippen molar-refractivity contribution in [1.29, 1.82) is 0 Å². The Balaban J connectivity index is 1.45. The number of anilines is 2. The maximum Gasteiger partial charge on any atom is 0.265 e. The second-order valence-electron chi connectivity index (χ2n) is 6.41. The second kappa shape index (κ2) is 7.36. The van der Waals surface area contributed by atoms with E-state index < -0.39 is 16.1 Å². The second-order valence-corrected chi connectivity index (χ2v) is 8.09. The van der Waals surface area contributed by atoms with E-state index in [9.17, 15) is 13.2 Å². The molecule has 3 aromatic rings. The number of hydrogen-bond donors (Lipinski definition) is 2. The first-order valence-electron chi connectivity index (χ1n) is 8.75. The number of benzene rings is 3. The monoisotopic (exact) mass is 394 g/mol. The Bertz CT molecular complexity index is 1090. The molecule has 1 atom stereocenters. The molecule has 1 heterocycles. The first kappa shape index (κ1) is 18.1. The summed E-state index contributed by atoms with van der Waals surface area (Å²) >= 11 is 0. The lowest BCUT2D eigenvalue weighted by molar-refractivity contribution is -0.122. The van der Waals surface area contributed by atoms with Crippen molar-refractivity contribution in [3.63, 3.8) is 0 Å². The molecule has 0 radical (unpaired) electrons.